The first-order valence-corrected chi connectivity index (χ1v) is 12.9. The van der Waals surface area contributed by atoms with Gasteiger partial charge in [0.2, 0.25) is 11.8 Å². The van der Waals surface area contributed by atoms with Crippen LogP contribution in [0.5, 0.6) is 0 Å². The minimum absolute atomic E-state index is 0.0642. The number of nitrogens with zero attached hydrogens (tertiary/aromatic N) is 2. The first-order valence-electron chi connectivity index (χ1n) is 11.0. The summed E-state index contributed by atoms with van der Waals surface area (Å²) in [5.41, 5.74) is 1.53. The lowest BCUT2D eigenvalue weighted by atomic mass is 10.2. The Bertz CT molecular complexity index is 859. The smallest absolute Gasteiger partial charge is 0.230 e. The standard InChI is InChI=1S/C22H28N4O4S2/c27-19(23-11-15-5-3-9-29-15)13-31-21-22(26-18-8-2-1-7-17(18)25-21)32-14-20(28)24-12-16-6-4-10-30-16/h1-2,7-8,15-16H,3-6,9-14H2,(H,23,27)(H,24,28)/t15-,16-/m1/s1. The van der Waals surface area contributed by atoms with E-state index in [0.29, 0.717) is 23.1 Å². The molecule has 32 heavy (non-hydrogen) atoms. The Balaban J connectivity index is 1.33. The number of ether oxygens (including phenoxy) is 2. The molecule has 2 aliphatic rings. The summed E-state index contributed by atoms with van der Waals surface area (Å²) in [5, 5.41) is 7.18. The third-order valence-electron chi connectivity index (χ3n) is 5.29. The molecule has 0 bridgehead atoms. The van der Waals surface area contributed by atoms with E-state index in [0.717, 1.165) is 49.9 Å². The summed E-state index contributed by atoms with van der Waals surface area (Å²) in [6, 6.07) is 7.61. The molecule has 4 rings (SSSR count). The molecule has 1 aromatic heterocycles. The van der Waals surface area contributed by atoms with Gasteiger partial charge in [-0.1, -0.05) is 35.7 Å². The summed E-state index contributed by atoms with van der Waals surface area (Å²) >= 11 is 2.68. The van der Waals surface area contributed by atoms with Crippen molar-refractivity contribution in [2.24, 2.45) is 0 Å². The Morgan fingerprint density at radius 2 is 1.31 bits per heavy atom. The third-order valence-corrected chi connectivity index (χ3v) is 7.35. The van der Waals surface area contributed by atoms with Gasteiger partial charge in [-0.25, -0.2) is 9.97 Å². The normalized spacial score (nSPS) is 20.5. The van der Waals surface area contributed by atoms with Crippen molar-refractivity contribution >= 4 is 46.4 Å². The van der Waals surface area contributed by atoms with Gasteiger partial charge in [0, 0.05) is 26.3 Å². The van der Waals surface area contributed by atoms with Gasteiger partial charge in [0.25, 0.3) is 0 Å². The molecule has 172 valence electrons. The van der Waals surface area contributed by atoms with E-state index in [2.05, 4.69) is 10.6 Å². The molecule has 2 saturated heterocycles. The SMILES string of the molecule is O=C(CSc1nc2ccccc2nc1SCC(=O)NC[C@H]1CCCO1)NC[C@H]1CCCO1. The van der Waals surface area contributed by atoms with Gasteiger partial charge in [-0.2, -0.15) is 0 Å². The number of thioether (sulfide) groups is 2. The fraction of sp³-hybridized carbons (Fsp3) is 0.545. The number of amides is 2. The molecule has 2 amide bonds. The number of benzene rings is 1. The Labute approximate surface area is 196 Å². The summed E-state index contributed by atoms with van der Waals surface area (Å²) < 4.78 is 11.1. The highest BCUT2D eigenvalue weighted by molar-refractivity contribution is 8.02. The van der Waals surface area contributed by atoms with Crippen LogP contribution in [0.2, 0.25) is 0 Å². The molecule has 0 radical (unpaired) electrons. The van der Waals surface area contributed by atoms with Crippen LogP contribution in [0.3, 0.4) is 0 Å². The second kappa shape index (κ2) is 11.8. The highest BCUT2D eigenvalue weighted by atomic mass is 32.2. The van der Waals surface area contributed by atoms with E-state index in [9.17, 15) is 9.59 Å². The first kappa shape index (κ1) is 23.3. The van der Waals surface area contributed by atoms with Gasteiger partial charge in [-0.3, -0.25) is 9.59 Å². The maximum absolute atomic E-state index is 12.3. The van der Waals surface area contributed by atoms with Gasteiger partial charge in [0.05, 0.1) is 34.7 Å². The van der Waals surface area contributed by atoms with Crippen molar-refractivity contribution in [3.8, 4) is 0 Å². The van der Waals surface area contributed by atoms with Gasteiger partial charge in [0.1, 0.15) is 10.1 Å². The average Bonchev–Trinajstić information content (AvgIpc) is 3.52. The van der Waals surface area contributed by atoms with Gasteiger partial charge in [0.15, 0.2) is 0 Å². The van der Waals surface area contributed by atoms with E-state index in [4.69, 9.17) is 19.4 Å². The topological polar surface area (TPSA) is 102 Å². The number of carbonyl (C=O) groups excluding carboxylic acids is 2. The lowest BCUT2D eigenvalue weighted by Crippen LogP contribution is -2.33. The number of rotatable bonds is 10. The highest BCUT2D eigenvalue weighted by Gasteiger charge is 2.19. The van der Waals surface area contributed by atoms with Gasteiger partial charge in [-0.05, 0) is 37.8 Å². The largest absolute Gasteiger partial charge is 0.376 e. The van der Waals surface area contributed by atoms with E-state index in [1.807, 2.05) is 24.3 Å². The molecule has 1 aromatic carbocycles. The molecule has 10 heteroatoms. The van der Waals surface area contributed by atoms with E-state index in [-0.39, 0.29) is 35.5 Å². The fourth-order valence-corrected chi connectivity index (χ4v) is 5.35. The van der Waals surface area contributed by atoms with Crippen LogP contribution in [-0.4, -0.2) is 71.8 Å². The summed E-state index contributed by atoms with van der Waals surface area (Å²) in [6.07, 6.45) is 4.29. The third kappa shape index (κ3) is 6.81. The molecule has 2 atom stereocenters. The molecule has 0 spiro atoms. The molecule has 0 aliphatic carbocycles. The number of nitrogens with one attached hydrogen (secondary N) is 2. The van der Waals surface area contributed by atoms with Crippen LogP contribution >= 0.6 is 23.5 Å². The van der Waals surface area contributed by atoms with E-state index in [1.54, 1.807) is 0 Å². The molecule has 3 heterocycles. The molecule has 2 aliphatic heterocycles. The van der Waals surface area contributed by atoms with Crippen LogP contribution < -0.4 is 10.6 Å². The van der Waals surface area contributed by atoms with Gasteiger partial charge in [-0.15, -0.1) is 0 Å². The van der Waals surface area contributed by atoms with E-state index in [1.165, 1.54) is 23.5 Å². The Kier molecular flexibility index (Phi) is 8.61. The predicted molar refractivity (Wildman–Crippen MR) is 125 cm³/mol. The Hall–Kier alpha value is -1.88. The summed E-state index contributed by atoms with van der Waals surface area (Å²) in [4.78, 5) is 34.0. The van der Waals surface area contributed by atoms with Crippen molar-refractivity contribution in [2.45, 2.75) is 47.9 Å². The zero-order chi connectivity index (χ0) is 22.2. The molecule has 0 unspecified atom stereocenters. The van der Waals surface area contributed by atoms with Crippen LogP contribution in [0, 0.1) is 0 Å². The molecular weight excluding hydrogens is 448 g/mol. The van der Waals surface area contributed by atoms with Gasteiger partial charge >= 0.3 is 0 Å². The molecular formula is C22H28N4O4S2. The van der Waals surface area contributed by atoms with Crippen LogP contribution in [0.4, 0.5) is 0 Å². The van der Waals surface area contributed by atoms with Crippen molar-refractivity contribution in [1.82, 2.24) is 20.6 Å². The predicted octanol–water partition coefficient (Wildman–Crippen LogP) is 2.40. The first-order chi connectivity index (χ1) is 15.7. The second-order valence-corrected chi connectivity index (χ2v) is 9.71. The molecule has 2 fully saturated rings. The Morgan fingerprint density at radius 1 is 0.844 bits per heavy atom. The van der Waals surface area contributed by atoms with Crippen molar-refractivity contribution < 1.29 is 19.1 Å². The number of fused-ring (bicyclic) bond motifs is 1. The number of para-hydroxylation sites is 2. The summed E-state index contributed by atoms with van der Waals surface area (Å²) in [7, 11) is 0. The molecule has 2 aromatic rings. The minimum Gasteiger partial charge on any atom is -0.376 e. The number of carbonyl (C=O) groups is 2. The maximum atomic E-state index is 12.3. The molecule has 2 N–H and O–H groups in total. The van der Waals surface area contributed by atoms with E-state index < -0.39 is 0 Å². The second-order valence-electron chi connectivity index (χ2n) is 7.78. The van der Waals surface area contributed by atoms with Crippen LogP contribution in [0.1, 0.15) is 25.7 Å². The lowest BCUT2D eigenvalue weighted by Gasteiger charge is -2.12. The summed E-state index contributed by atoms with van der Waals surface area (Å²) in [6.45, 7) is 2.61. The Morgan fingerprint density at radius 3 is 1.72 bits per heavy atom. The van der Waals surface area contributed by atoms with Crippen molar-refractivity contribution in [2.75, 3.05) is 37.8 Å². The van der Waals surface area contributed by atoms with Crippen molar-refractivity contribution in [1.29, 1.82) is 0 Å². The van der Waals surface area contributed by atoms with Crippen LogP contribution in [0.15, 0.2) is 34.3 Å². The zero-order valence-electron chi connectivity index (χ0n) is 17.9. The van der Waals surface area contributed by atoms with Crippen molar-refractivity contribution in [3.63, 3.8) is 0 Å². The minimum atomic E-state index is -0.0642. The molecule has 0 saturated carbocycles. The maximum Gasteiger partial charge on any atom is 0.230 e. The lowest BCUT2D eigenvalue weighted by molar-refractivity contribution is -0.119. The highest BCUT2D eigenvalue weighted by Crippen LogP contribution is 2.29. The van der Waals surface area contributed by atoms with Crippen LogP contribution in [-0.2, 0) is 19.1 Å². The van der Waals surface area contributed by atoms with Gasteiger partial charge < -0.3 is 20.1 Å². The van der Waals surface area contributed by atoms with Crippen molar-refractivity contribution in [3.05, 3.63) is 24.3 Å². The zero-order valence-corrected chi connectivity index (χ0v) is 19.5. The number of hydrogen-bond acceptors (Lipinski definition) is 8. The summed E-state index contributed by atoms with van der Waals surface area (Å²) in [5.74, 6) is 0.341. The molecule has 8 nitrogen and oxygen atoms in total. The average molecular weight is 477 g/mol. The number of hydrogen-bond donors (Lipinski definition) is 2. The van der Waals surface area contributed by atoms with Crippen LogP contribution in [0.25, 0.3) is 11.0 Å². The fourth-order valence-electron chi connectivity index (χ4n) is 3.59. The monoisotopic (exact) mass is 476 g/mol. The quantitative estimate of drug-likeness (QED) is 0.504. The van der Waals surface area contributed by atoms with E-state index >= 15 is 0 Å². The number of aromatic nitrogens is 2.